The lowest BCUT2D eigenvalue weighted by molar-refractivity contribution is -0.123. The molecule has 1 aromatic heterocycles. The van der Waals surface area contributed by atoms with Crippen LogP contribution in [0.15, 0.2) is 57.7 Å². The molecule has 0 aliphatic heterocycles. The molecule has 1 unspecified atom stereocenters. The molecule has 3 N–H and O–H groups in total. The van der Waals surface area contributed by atoms with E-state index in [1.54, 1.807) is 13.3 Å². The van der Waals surface area contributed by atoms with E-state index in [0.717, 1.165) is 5.56 Å². The van der Waals surface area contributed by atoms with Crippen molar-refractivity contribution < 1.29 is 13.6 Å². The Kier molecular flexibility index (Phi) is 6.77. The van der Waals surface area contributed by atoms with E-state index in [-0.39, 0.29) is 16.9 Å². The minimum atomic E-state index is -0.531. The summed E-state index contributed by atoms with van der Waals surface area (Å²) in [7, 11) is 0. The maximum Gasteiger partial charge on any atom is 0.223 e. The van der Waals surface area contributed by atoms with Crippen molar-refractivity contribution in [3.05, 3.63) is 87.9 Å². The Morgan fingerprint density at radius 3 is 2.72 bits per heavy atom. The van der Waals surface area contributed by atoms with Crippen LogP contribution in [0.4, 0.5) is 4.39 Å². The molecular formula is C23H24FN2O3. The molecule has 2 aromatic carbocycles. The summed E-state index contributed by atoms with van der Waals surface area (Å²) < 4.78 is 19.5. The second-order valence-electron chi connectivity index (χ2n) is 6.97. The topological polar surface area (TPSA) is 85.3 Å². The SMILES string of the molecule is CC([CH]c1oc2cc(F)ccc2c(=O)c1Cc1ccccc1)C(=O)NCCCN. The van der Waals surface area contributed by atoms with Crippen LogP contribution in [0.25, 0.3) is 11.0 Å². The van der Waals surface area contributed by atoms with Crippen molar-refractivity contribution in [1.82, 2.24) is 5.32 Å². The predicted octanol–water partition coefficient (Wildman–Crippen LogP) is 3.18. The van der Waals surface area contributed by atoms with E-state index in [1.807, 2.05) is 30.3 Å². The van der Waals surface area contributed by atoms with E-state index in [4.69, 9.17) is 10.2 Å². The van der Waals surface area contributed by atoms with Gasteiger partial charge in [-0.15, -0.1) is 0 Å². The first kappa shape index (κ1) is 20.7. The molecule has 0 bridgehead atoms. The molecule has 5 nitrogen and oxygen atoms in total. The first-order chi connectivity index (χ1) is 14.0. The van der Waals surface area contributed by atoms with E-state index < -0.39 is 11.7 Å². The van der Waals surface area contributed by atoms with Crippen molar-refractivity contribution in [2.45, 2.75) is 19.8 Å². The van der Waals surface area contributed by atoms with Crippen molar-refractivity contribution in [3.63, 3.8) is 0 Å². The second-order valence-corrected chi connectivity index (χ2v) is 6.97. The van der Waals surface area contributed by atoms with E-state index >= 15 is 0 Å². The molecule has 151 valence electrons. The van der Waals surface area contributed by atoms with E-state index in [0.29, 0.717) is 42.6 Å². The molecule has 0 aliphatic carbocycles. The first-order valence-electron chi connectivity index (χ1n) is 9.61. The molecule has 0 saturated heterocycles. The zero-order valence-corrected chi connectivity index (χ0v) is 16.3. The van der Waals surface area contributed by atoms with Gasteiger partial charge in [-0.2, -0.15) is 0 Å². The molecule has 1 radical (unpaired) electrons. The molecule has 1 atom stereocenters. The highest BCUT2D eigenvalue weighted by atomic mass is 19.1. The standard InChI is InChI=1S/C23H24FN2O3/c1-15(23(28)26-11-5-10-25)12-20-19(13-16-6-3-2-4-7-16)22(27)18-9-8-17(24)14-21(18)29-20/h2-4,6-9,12,14-15H,5,10-11,13,25H2,1H3,(H,26,28). The third kappa shape index (κ3) is 5.09. The summed E-state index contributed by atoms with van der Waals surface area (Å²) in [5.74, 6) is -0.920. The molecular weight excluding hydrogens is 371 g/mol. The lowest BCUT2D eigenvalue weighted by atomic mass is 9.96. The van der Waals surface area contributed by atoms with Crippen LogP contribution in [0.1, 0.15) is 30.2 Å². The van der Waals surface area contributed by atoms with Crippen LogP contribution in [-0.2, 0) is 11.2 Å². The Labute approximate surface area is 168 Å². The smallest absolute Gasteiger partial charge is 0.223 e. The minimum absolute atomic E-state index is 0.161. The first-order valence-corrected chi connectivity index (χ1v) is 9.61. The quantitative estimate of drug-likeness (QED) is 0.574. The molecule has 0 aliphatic rings. The van der Waals surface area contributed by atoms with Gasteiger partial charge in [0.2, 0.25) is 5.91 Å². The molecule has 0 spiro atoms. The Balaban J connectivity index is 1.97. The fourth-order valence-corrected chi connectivity index (χ4v) is 3.10. The van der Waals surface area contributed by atoms with Crippen molar-refractivity contribution in [2.75, 3.05) is 13.1 Å². The van der Waals surface area contributed by atoms with Gasteiger partial charge in [0.1, 0.15) is 17.2 Å². The van der Waals surface area contributed by atoms with Crippen LogP contribution in [0, 0.1) is 18.2 Å². The summed E-state index contributed by atoms with van der Waals surface area (Å²) in [6.45, 7) is 2.70. The summed E-state index contributed by atoms with van der Waals surface area (Å²) >= 11 is 0. The zero-order valence-electron chi connectivity index (χ0n) is 16.3. The van der Waals surface area contributed by atoms with Crippen LogP contribution in [-0.4, -0.2) is 19.0 Å². The third-order valence-corrected chi connectivity index (χ3v) is 4.70. The number of benzene rings is 2. The van der Waals surface area contributed by atoms with Gasteiger partial charge in [0.25, 0.3) is 0 Å². The van der Waals surface area contributed by atoms with Gasteiger partial charge in [-0.3, -0.25) is 9.59 Å². The summed E-state index contributed by atoms with van der Waals surface area (Å²) in [6.07, 6.45) is 2.65. The number of halogens is 1. The van der Waals surface area contributed by atoms with Crippen molar-refractivity contribution >= 4 is 16.9 Å². The molecule has 3 aromatic rings. The van der Waals surface area contributed by atoms with Gasteiger partial charge in [-0.05, 0) is 30.7 Å². The zero-order chi connectivity index (χ0) is 20.8. The third-order valence-electron chi connectivity index (χ3n) is 4.70. The number of rotatable bonds is 8. The van der Waals surface area contributed by atoms with Crippen LogP contribution >= 0.6 is 0 Å². The van der Waals surface area contributed by atoms with Gasteiger partial charge in [0, 0.05) is 36.9 Å². The van der Waals surface area contributed by atoms with Gasteiger partial charge in [-0.1, -0.05) is 37.3 Å². The van der Waals surface area contributed by atoms with Crippen molar-refractivity contribution in [3.8, 4) is 0 Å². The number of fused-ring (bicyclic) bond motifs is 1. The van der Waals surface area contributed by atoms with Crippen molar-refractivity contribution in [2.24, 2.45) is 11.7 Å². The summed E-state index contributed by atoms with van der Waals surface area (Å²) in [6, 6.07) is 13.4. The number of hydrogen-bond acceptors (Lipinski definition) is 4. The maximum atomic E-state index is 13.7. The van der Waals surface area contributed by atoms with Gasteiger partial charge in [0.15, 0.2) is 5.43 Å². The molecule has 0 fully saturated rings. The Hall–Kier alpha value is -2.99. The highest BCUT2D eigenvalue weighted by Crippen LogP contribution is 2.23. The monoisotopic (exact) mass is 395 g/mol. The van der Waals surface area contributed by atoms with Crippen LogP contribution in [0.2, 0.25) is 0 Å². The van der Waals surface area contributed by atoms with E-state index in [2.05, 4.69) is 5.32 Å². The minimum Gasteiger partial charge on any atom is -0.460 e. The summed E-state index contributed by atoms with van der Waals surface area (Å²) in [5.41, 5.74) is 6.77. The van der Waals surface area contributed by atoms with Crippen LogP contribution < -0.4 is 16.5 Å². The molecule has 3 rings (SSSR count). The number of hydrogen-bond donors (Lipinski definition) is 2. The lowest BCUT2D eigenvalue weighted by Crippen LogP contribution is -2.31. The average Bonchev–Trinajstić information content (AvgIpc) is 2.71. The number of carbonyl (C=O) groups is 1. The average molecular weight is 395 g/mol. The lowest BCUT2D eigenvalue weighted by Gasteiger charge is -2.14. The molecule has 6 heteroatoms. The van der Waals surface area contributed by atoms with Crippen molar-refractivity contribution in [1.29, 1.82) is 0 Å². The molecule has 1 amide bonds. The predicted molar refractivity (Wildman–Crippen MR) is 111 cm³/mol. The highest BCUT2D eigenvalue weighted by Gasteiger charge is 2.21. The normalized spacial score (nSPS) is 12.1. The van der Waals surface area contributed by atoms with Gasteiger partial charge < -0.3 is 15.5 Å². The van der Waals surface area contributed by atoms with Crippen LogP contribution in [0.5, 0.6) is 0 Å². The summed E-state index contributed by atoms with van der Waals surface area (Å²) in [5, 5.41) is 3.12. The Morgan fingerprint density at radius 1 is 1.24 bits per heavy atom. The molecule has 0 saturated carbocycles. The van der Waals surface area contributed by atoms with E-state index in [1.165, 1.54) is 18.2 Å². The number of nitrogens with one attached hydrogen (secondary N) is 1. The molecule has 1 heterocycles. The van der Waals surface area contributed by atoms with Gasteiger partial charge in [-0.25, -0.2) is 4.39 Å². The van der Waals surface area contributed by atoms with Crippen LogP contribution in [0.3, 0.4) is 0 Å². The number of carbonyl (C=O) groups excluding carboxylic acids is 1. The largest absolute Gasteiger partial charge is 0.460 e. The second kappa shape index (κ2) is 9.47. The number of nitrogens with two attached hydrogens (primary N) is 1. The highest BCUT2D eigenvalue weighted by molar-refractivity contribution is 5.81. The fraction of sp³-hybridized carbons (Fsp3) is 0.261. The van der Waals surface area contributed by atoms with Gasteiger partial charge in [0.05, 0.1) is 5.39 Å². The number of amides is 1. The maximum absolute atomic E-state index is 13.7. The van der Waals surface area contributed by atoms with E-state index in [9.17, 15) is 14.0 Å². The fourth-order valence-electron chi connectivity index (χ4n) is 3.10. The Morgan fingerprint density at radius 2 is 2.00 bits per heavy atom. The Bertz CT molecular complexity index is 1050. The summed E-state index contributed by atoms with van der Waals surface area (Å²) in [4.78, 5) is 25.4. The molecule has 29 heavy (non-hydrogen) atoms. The van der Waals surface area contributed by atoms with Gasteiger partial charge >= 0.3 is 0 Å².